The van der Waals surface area contributed by atoms with E-state index >= 15 is 0 Å². The highest BCUT2D eigenvalue weighted by molar-refractivity contribution is 5.79. The van der Waals surface area contributed by atoms with Gasteiger partial charge in [0.25, 0.3) is 0 Å². The number of benzene rings is 2. The summed E-state index contributed by atoms with van der Waals surface area (Å²) in [6, 6.07) is 16.7. The highest BCUT2D eigenvalue weighted by Crippen LogP contribution is 2.03. The van der Waals surface area contributed by atoms with E-state index < -0.39 is 0 Å². The zero-order valence-electron chi connectivity index (χ0n) is 14.7. The minimum Gasteiger partial charge on any atom is -0.377 e. The average molecular weight is 343 g/mol. The normalized spacial score (nSPS) is 11.4. The van der Waals surface area contributed by atoms with Gasteiger partial charge in [-0.2, -0.15) is 0 Å². The largest absolute Gasteiger partial charge is 0.377 e. The van der Waals surface area contributed by atoms with Crippen molar-refractivity contribution in [1.82, 2.24) is 10.6 Å². The van der Waals surface area contributed by atoms with E-state index in [1.165, 1.54) is 17.7 Å². The Morgan fingerprint density at radius 2 is 1.80 bits per heavy atom. The lowest BCUT2D eigenvalue weighted by molar-refractivity contribution is 0.117. The van der Waals surface area contributed by atoms with Crippen LogP contribution >= 0.6 is 0 Å². The van der Waals surface area contributed by atoms with Crippen molar-refractivity contribution in [2.45, 2.75) is 26.0 Å². The molecule has 2 aromatic carbocycles. The van der Waals surface area contributed by atoms with Crippen LogP contribution in [0.2, 0.25) is 0 Å². The fourth-order valence-corrected chi connectivity index (χ4v) is 2.35. The minimum absolute atomic E-state index is 0.224. The first-order chi connectivity index (χ1) is 12.3. The first kappa shape index (κ1) is 18.9. The molecular formula is C20H26FN3O. The highest BCUT2D eigenvalue weighted by Gasteiger charge is 1.99. The summed E-state index contributed by atoms with van der Waals surface area (Å²) in [5, 5.41) is 6.43. The third kappa shape index (κ3) is 7.81. The molecule has 4 nitrogen and oxygen atoms in total. The summed E-state index contributed by atoms with van der Waals surface area (Å²) < 4.78 is 18.8. The number of nitrogens with zero attached hydrogens (tertiary/aromatic N) is 1. The van der Waals surface area contributed by atoms with Crippen LogP contribution < -0.4 is 10.6 Å². The molecule has 0 atom stereocenters. The van der Waals surface area contributed by atoms with Gasteiger partial charge in [-0.3, -0.25) is 4.99 Å². The SMILES string of the molecule is CN=C(NCCCCOCc1ccccc1)NCc1cccc(F)c1. The molecule has 0 amide bonds. The maximum Gasteiger partial charge on any atom is 0.191 e. The van der Waals surface area contributed by atoms with Crippen LogP contribution in [0.15, 0.2) is 59.6 Å². The topological polar surface area (TPSA) is 45.7 Å². The molecule has 0 saturated carbocycles. The van der Waals surface area contributed by atoms with Gasteiger partial charge in [0.05, 0.1) is 6.61 Å². The van der Waals surface area contributed by atoms with Crippen molar-refractivity contribution in [2.75, 3.05) is 20.2 Å². The molecule has 0 aliphatic rings. The fourth-order valence-electron chi connectivity index (χ4n) is 2.35. The number of rotatable bonds is 9. The lowest BCUT2D eigenvalue weighted by Crippen LogP contribution is -2.37. The molecule has 134 valence electrons. The van der Waals surface area contributed by atoms with E-state index in [0.717, 1.165) is 37.5 Å². The molecule has 2 rings (SSSR count). The van der Waals surface area contributed by atoms with E-state index in [2.05, 4.69) is 27.8 Å². The van der Waals surface area contributed by atoms with E-state index in [1.807, 2.05) is 24.3 Å². The van der Waals surface area contributed by atoms with Crippen LogP contribution in [0.3, 0.4) is 0 Å². The maximum absolute atomic E-state index is 13.1. The van der Waals surface area contributed by atoms with Crippen LogP contribution in [-0.4, -0.2) is 26.2 Å². The van der Waals surface area contributed by atoms with Gasteiger partial charge in [0.2, 0.25) is 0 Å². The van der Waals surface area contributed by atoms with Crippen molar-refractivity contribution >= 4 is 5.96 Å². The summed E-state index contributed by atoms with van der Waals surface area (Å²) in [5.41, 5.74) is 2.08. The Bertz CT molecular complexity index is 646. The van der Waals surface area contributed by atoms with Crippen LogP contribution in [0.1, 0.15) is 24.0 Å². The van der Waals surface area contributed by atoms with Crippen LogP contribution in [0.4, 0.5) is 4.39 Å². The third-order valence-corrected chi connectivity index (χ3v) is 3.69. The molecule has 0 aromatic heterocycles. The van der Waals surface area contributed by atoms with Crippen molar-refractivity contribution < 1.29 is 9.13 Å². The summed E-state index contributed by atoms with van der Waals surface area (Å²) in [6.07, 6.45) is 1.98. The minimum atomic E-state index is -0.224. The van der Waals surface area contributed by atoms with Gasteiger partial charge >= 0.3 is 0 Å². The van der Waals surface area contributed by atoms with Gasteiger partial charge in [-0.25, -0.2) is 4.39 Å². The molecule has 0 aliphatic heterocycles. The predicted octanol–water partition coefficient (Wildman–Crippen LogP) is 3.49. The second-order valence-corrected chi connectivity index (χ2v) is 5.73. The van der Waals surface area contributed by atoms with Gasteiger partial charge < -0.3 is 15.4 Å². The molecule has 0 aliphatic carbocycles. The molecule has 0 bridgehead atoms. The second-order valence-electron chi connectivity index (χ2n) is 5.73. The van der Waals surface area contributed by atoms with Crippen molar-refractivity contribution in [3.8, 4) is 0 Å². The van der Waals surface area contributed by atoms with Gasteiger partial charge in [0.15, 0.2) is 5.96 Å². The molecule has 0 spiro atoms. The highest BCUT2D eigenvalue weighted by atomic mass is 19.1. The number of unbranched alkanes of at least 4 members (excludes halogenated alkanes) is 1. The Hall–Kier alpha value is -2.40. The van der Waals surface area contributed by atoms with Crippen LogP contribution in [0.25, 0.3) is 0 Å². The molecule has 2 aromatic rings. The molecule has 5 heteroatoms. The van der Waals surface area contributed by atoms with Gasteiger partial charge in [0, 0.05) is 26.7 Å². The number of halogens is 1. The Morgan fingerprint density at radius 3 is 2.56 bits per heavy atom. The number of ether oxygens (including phenoxy) is 1. The Morgan fingerprint density at radius 1 is 1.00 bits per heavy atom. The van der Waals surface area contributed by atoms with Crippen LogP contribution in [0, 0.1) is 5.82 Å². The zero-order chi connectivity index (χ0) is 17.7. The van der Waals surface area contributed by atoms with Crippen LogP contribution in [-0.2, 0) is 17.9 Å². The zero-order valence-corrected chi connectivity index (χ0v) is 14.7. The molecule has 0 fully saturated rings. The van der Waals surface area contributed by atoms with Gasteiger partial charge in [-0.05, 0) is 36.1 Å². The van der Waals surface area contributed by atoms with E-state index in [0.29, 0.717) is 13.2 Å². The molecule has 0 heterocycles. The number of nitrogens with one attached hydrogen (secondary N) is 2. The molecular weight excluding hydrogens is 317 g/mol. The van der Waals surface area contributed by atoms with Crippen molar-refractivity contribution in [1.29, 1.82) is 0 Å². The summed E-state index contributed by atoms with van der Waals surface area (Å²) in [7, 11) is 1.73. The Balaban J connectivity index is 1.54. The molecule has 0 radical (unpaired) electrons. The third-order valence-electron chi connectivity index (χ3n) is 3.69. The van der Waals surface area contributed by atoms with Gasteiger partial charge in [0.1, 0.15) is 5.82 Å². The lowest BCUT2D eigenvalue weighted by Gasteiger charge is -2.12. The standard InChI is InChI=1S/C20H26FN3O/c1-22-20(24-15-18-10-7-11-19(21)14-18)23-12-5-6-13-25-16-17-8-3-2-4-9-17/h2-4,7-11,14H,5-6,12-13,15-16H2,1H3,(H2,22,23,24). The smallest absolute Gasteiger partial charge is 0.191 e. The van der Waals surface area contributed by atoms with Crippen molar-refractivity contribution in [2.24, 2.45) is 4.99 Å². The Labute approximate surface area is 149 Å². The van der Waals surface area contributed by atoms with Crippen molar-refractivity contribution in [3.63, 3.8) is 0 Å². The molecule has 2 N–H and O–H groups in total. The quantitative estimate of drug-likeness (QED) is 0.416. The number of hydrogen-bond donors (Lipinski definition) is 2. The monoisotopic (exact) mass is 343 g/mol. The second kappa shape index (κ2) is 11.2. The first-order valence-corrected chi connectivity index (χ1v) is 8.58. The van der Waals surface area contributed by atoms with Crippen molar-refractivity contribution in [3.05, 3.63) is 71.5 Å². The molecule has 0 unspecified atom stereocenters. The van der Waals surface area contributed by atoms with E-state index in [9.17, 15) is 4.39 Å². The first-order valence-electron chi connectivity index (χ1n) is 8.58. The molecule has 0 saturated heterocycles. The van der Waals surface area contributed by atoms with E-state index in [-0.39, 0.29) is 5.82 Å². The predicted molar refractivity (Wildman–Crippen MR) is 99.9 cm³/mol. The summed E-state index contributed by atoms with van der Waals surface area (Å²) >= 11 is 0. The van der Waals surface area contributed by atoms with Crippen LogP contribution in [0.5, 0.6) is 0 Å². The average Bonchev–Trinajstić information content (AvgIpc) is 2.64. The number of hydrogen-bond acceptors (Lipinski definition) is 2. The van der Waals surface area contributed by atoms with E-state index in [4.69, 9.17) is 4.74 Å². The van der Waals surface area contributed by atoms with Gasteiger partial charge in [-0.15, -0.1) is 0 Å². The fraction of sp³-hybridized carbons (Fsp3) is 0.350. The summed E-state index contributed by atoms with van der Waals surface area (Å²) in [4.78, 5) is 4.17. The molecule has 25 heavy (non-hydrogen) atoms. The lowest BCUT2D eigenvalue weighted by atomic mass is 10.2. The maximum atomic E-state index is 13.1. The van der Waals surface area contributed by atoms with Gasteiger partial charge in [-0.1, -0.05) is 42.5 Å². The van der Waals surface area contributed by atoms with E-state index in [1.54, 1.807) is 13.1 Å². The summed E-state index contributed by atoms with van der Waals surface area (Å²) in [6.45, 7) is 2.76. The number of guanidine groups is 1. The number of aliphatic imine (C=N–C) groups is 1. The summed E-state index contributed by atoms with van der Waals surface area (Å²) in [5.74, 6) is 0.493. The Kier molecular flexibility index (Phi) is 8.49.